The molecule has 0 bridgehead atoms. The number of sulfone groups is 1. The van der Waals surface area contributed by atoms with Crippen LogP contribution in [0.3, 0.4) is 0 Å². The first-order chi connectivity index (χ1) is 13.9. The molecule has 30 heavy (non-hydrogen) atoms. The van der Waals surface area contributed by atoms with Crippen molar-refractivity contribution in [3.05, 3.63) is 75.4 Å². The highest BCUT2D eigenvalue weighted by Crippen LogP contribution is 2.29. The molecule has 1 amide bonds. The fourth-order valence-corrected chi connectivity index (χ4v) is 3.40. The Morgan fingerprint density at radius 1 is 1.10 bits per heavy atom. The van der Waals surface area contributed by atoms with Gasteiger partial charge in [0.2, 0.25) is 0 Å². The number of anilines is 1. The van der Waals surface area contributed by atoms with E-state index in [0.29, 0.717) is 5.56 Å². The lowest BCUT2D eigenvalue weighted by Gasteiger charge is -2.18. The van der Waals surface area contributed by atoms with Gasteiger partial charge in [-0.15, -0.1) is 0 Å². The zero-order valence-corrected chi connectivity index (χ0v) is 17.9. The van der Waals surface area contributed by atoms with E-state index in [1.54, 1.807) is 13.0 Å². The first-order valence-corrected chi connectivity index (χ1v) is 11.1. The molecule has 0 heterocycles. The van der Waals surface area contributed by atoms with Gasteiger partial charge in [0.05, 0.1) is 22.3 Å². The van der Waals surface area contributed by atoms with Crippen molar-refractivity contribution in [2.45, 2.75) is 25.9 Å². The molecule has 10 heteroatoms. The molecular weight excluding hydrogens is 441 g/mol. The van der Waals surface area contributed by atoms with Gasteiger partial charge in [0.25, 0.3) is 5.91 Å². The van der Waals surface area contributed by atoms with E-state index in [9.17, 15) is 26.4 Å². The van der Waals surface area contributed by atoms with E-state index < -0.39 is 50.8 Å². The minimum Gasteiger partial charge on any atom is -0.376 e. The molecule has 0 fully saturated rings. The second-order valence-corrected chi connectivity index (χ2v) is 9.05. The van der Waals surface area contributed by atoms with E-state index in [0.717, 1.165) is 23.8 Å². The van der Waals surface area contributed by atoms with Gasteiger partial charge in [0, 0.05) is 23.8 Å². The standard InChI is InChI=1S/C20H20ClF3N2O3S/c1-11(7-8-30(3,28)29)25-20(27)14-9-17(24)18(10-16(14)23)26-12(2)13-5-4-6-15(22)19(13)21/h4-12,26H,1-3H3,(H,25,27)/b8-7+/t11-,12+/m1/s1. The van der Waals surface area contributed by atoms with E-state index >= 15 is 0 Å². The molecule has 0 aromatic heterocycles. The zero-order chi connectivity index (χ0) is 22.6. The Morgan fingerprint density at radius 2 is 1.77 bits per heavy atom. The Morgan fingerprint density at radius 3 is 2.40 bits per heavy atom. The summed E-state index contributed by atoms with van der Waals surface area (Å²) in [7, 11) is -3.39. The normalized spacial score (nSPS) is 13.8. The molecule has 162 valence electrons. The van der Waals surface area contributed by atoms with Gasteiger partial charge in [-0.25, -0.2) is 21.6 Å². The maximum Gasteiger partial charge on any atom is 0.254 e. The molecular formula is C20H20ClF3N2O3S. The quantitative estimate of drug-likeness (QED) is 0.633. The first-order valence-electron chi connectivity index (χ1n) is 8.77. The van der Waals surface area contributed by atoms with Gasteiger partial charge < -0.3 is 10.6 Å². The van der Waals surface area contributed by atoms with Crippen LogP contribution in [0.1, 0.15) is 35.8 Å². The number of rotatable bonds is 7. The van der Waals surface area contributed by atoms with Gasteiger partial charge >= 0.3 is 0 Å². The molecule has 0 radical (unpaired) electrons. The number of amides is 1. The number of hydrogen-bond donors (Lipinski definition) is 2. The second kappa shape index (κ2) is 9.53. The van der Waals surface area contributed by atoms with Crippen LogP contribution >= 0.6 is 11.6 Å². The van der Waals surface area contributed by atoms with Crippen molar-refractivity contribution in [3.8, 4) is 0 Å². The largest absolute Gasteiger partial charge is 0.376 e. The third-order valence-corrected chi connectivity index (χ3v) is 5.14. The van der Waals surface area contributed by atoms with Crippen molar-refractivity contribution in [3.63, 3.8) is 0 Å². The summed E-state index contributed by atoms with van der Waals surface area (Å²) in [4.78, 5) is 12.2. The van der Waals surface area contributed by atoms with Crippen LogP contribution in [0.25, 0.3) is 0 Å². The van der Waals surface area contributed by atoms with Crippen molar-refractivity contribution in [1.29, 1.82) is 0 Å². The highest BCUT2D eigenvalue weighted by molar-refractivity contribution is 7.93. The lowest BCUT2D eigenvalue weighted by Crippen LogP contribution is -2.32. The number of halogens is 4. The maximum atomic E-state index is 14.5. The molecule has 0 spiro atoms. The van der Waals surface area contributed by atoms with Crippen molar-refractivity contribution in [1.82, 2.24) is 5.32 Å². The number of benzene rings is 2. The fourth-order valence-electron chi connectivity index (χ4n) is 2.59. The van der Waals surface area contributed by atoms with E-state index in [1.165, 1.54) is 25.1 Å². The zero-order valence-electron chi connectivity index (χ0n) is 16.3. The predicted molar refractivity (Wildman–Crippen MR) is 111 cm³/mol. The SMILES string of the molecule is C[C@H](/C=C/S(C)(=O)=O)NC(=O)c1cc(F)c(N[C@@H](C)c2cccc(F)c2Cl)cc1F. The minimum absolute atomic E-state index is 0.134. The Hall–Kier alpha value is -2.52. The van der Waals surface area contributed by atoms with E-state index in [-0.39, 0.29) is 10.7 Å². The van der Waals surface area contributed by atoms with Crippen LogP contribution in [0.4, 0.5) is 18.9 Å². The molecule has 0 aliphatic rings. The van der Waals surface area contributed by atoms with Crippen LogP contribution < -0.4 is 10.6 Å². The molecule has 2 aromatic carbocycles. The lowest BCUT2D eigenvalue weighted by atomic mass is 10.1. The molecule has 0 saturated carbocycles. The molecule has 2 rings (SSSR count). The van der Waals surface area contributed by atoms with Crippen molar-refractivity contribution < 1.29 is 26.4 Å². The summed E-state index contributed by atoms with van der Waals surface area (Å²) in [5.74, 6) is -3.45. The summed E-state index contributed by atoms with van der Waals surface area (Å²) in [6.45, 7) is 3.07. The second-order valence-electron chi connectivity index (χ2n) is 6.74. The summed E-state index contributed by atoms with van der Waals surface area (Å²) in [6.07, 6.45) is 2.19. The number of carbonyl (C=O) groups is 1. The maximum absolute atomic E-state index is 14.5. The highest BCUT2D eigenvalue weighted by Gasteiger charge is 2.19. The highest BCUT2D eigenvalue weighted by atomic mass is 35.5. The number of carbonyl (C=O) groups excluding carboxylic acids is 1. The summed E-state index contributed by atoms with van der Waals surface area (Å²) >= 11 is 5.92. The van der Waals surface area contributed by atoms with Crippen molar-refractivity contribution in [2.75, 3.05) is 11.6 Å². The molecule has 5 nitrogen and oxygen atoms in total. The van der Waals surface area contributed by atoms with Crippen LogP contribution in [0.2, 0.25) is 5.02 Å². The van der Waals surface area contributed by atoms with Gasteiger partial charge in [-0.05, 0) is 31.5 Å². The van der Waals surface area contributed by atoms with E-state index in [4.69, 9.17) is 11.6 Å². The van der Waals surface area contributed by atoms with Crippen molar-refractivity contribution >= 4 is 33.0 Å². The molecule has 0 saturated heterocycles. The molecule has 0 aliphatic heterocycles. The third kappa shape index (κ3) is 6.24. The topological polar surface area (TPSA) is 75.3 Å². The van der Waals surface area contributed by atoms with E-state index in [1.807, 2.05) is 0 Å². The van der Waals surface area contributed by atoms with Crippen LogP contribution in [0, 0.1) is 17.5 Å². The summed E-state index contributed by atoms with van der Waals surface area (Å²) < 4.78 is 64.8. The molecule has 0 aliphatic carbocycles. The Bertz CT molecular complexity index is 1090. The lowest BCUT2D eigenvalue weighted by molar-refractivity contribution is 0.0942. The third-order valence-electron chi connectivity index (χ3n) is 4.09. The van der Waals surface area contributed by atoms with Crippen LogP contribution in [0.15, 0.2) is 41.8 Å². The van der Waals surface area contributed by atoms with E-state index in [2.05, 4.69) is 10.6 Å². The monoisotopic (exact) mass is 460 g/mol. The van der Waals surface area contributed by atoms with Crippen LogP contribution in [0.5, 0.6) is 0 Å². The average molecular weight is 461 g/mol. The number of nitrogens with one attached hydrogen (secondary N) is 2. The van der Waals surface area contributed by atoms with Gasteiger partial charge in [-0.3, -0.25) is 4.79 Å². The van der Waals surface area contributed by atoms with Gasteiger partial charge in [0.1, 0.15) is 17.5 Å². The van der Waals surface area contributed by atoms with Crippen molar-refractivity contribution in [2.24, 2.45) is 0 Å². The molecule has 0 unspecified atom stereocenters. The van der Waals surface area contributed by atoms with Gasteiger partial charge in [0.15, 0.2) is 9.84 Å². The van der Waals surface area contributed by atoms with Gasteiger partial charge in [-0.2, -0.15) is 0 Å². The summed E-state index contributed by atoms with van der Waals surface area (Å²) in [5, 5.41) is 5.83. The van der Waals surface area contributed by atoms with Crippen LogP contribution in [-0.2, 0) is 9.84 Å². The first kappa shape index (κ1) is 23.8. The minimum atomic E-state index is -3.39. The number of hydrogen-bond acceptors (Lipinski definition) is 4. The van der Waals surface area contributed by atoms with Crippen LogP contribution in [-0.4, -0.2) is 26.6 Å². The summed E-state index contributed by atoms with van der Waals surface area (Å²) in [5.41, 5.74) is -0.430. The molecule has 2 N–H and O–H groups in total. The molecule has 2 aromatic rings. The molecule has 2 atom stereocenters. The predicted octanol–water partition coefficient (Wildman–Crippen LogP) is 4.61. The van der Waals surface area contributed by atoms with Gasteiger partial charge in [-0.1, -0.05) is 29.8 Å². The summed E-state index contributed by atoms with van der Waals surface area (Å²) in [6, 6.07) is 4.32. The smallest absolute Gasteiger partial charge is 0.254 e. The Balaban J connectivity index is 2.19. The Labute approximate surface area is 177 Å². The Kier molecular flexibility index (Phi) is 7.54. The average Bonchev–Trinajstić information content (AvgIpc) is 2.64. The fraction of sp³-hybridized carbons (Fsp3) is 0.250.